The number of rotatable bonds is 2. The zero-order chi connectivity index (χ0) is 11.0. The molecule has 16 heavy (non-hydrogen) atoms. The second-order valence-electron chi connectivity index (χ2n) is 6.58. The van der Waals surface area contributed by atoms with Gasteiger partial charge in [0.15, 0.2) is 0 Å². The van der Waals surface area contributed by atoms with Crippen LogP contribution in [0.4, 0.5) is 0 Å². The summed E-state index contributed by atoms with van der Waals surface area (Å²) in [6.07, 6.45) is 8.78. The van der Waals surface area contributed by atoms with Gasteiger partial charge < -0.3 is 0 Å². The van der Waals surface area contributed by atoms with E-state index in [0.29, 0.717) is 5.41 Å². The van der Waals surface area contributed by atoms with E-state index in [1.165, 1.54) is 71.2 Å². The molecule has 3 aliphatic rings. The van der Waals surface area contributed by atoms with Crippen molar-refractivity contribution >= 4 is 0 Å². The van der Waals surface area contributed by atoms with Crippen molar-refractivity contribution in [2.45, 2.75) is 51.5 Å². The first-order valence-electron chi connectivity index (χ1n) is 7.22. The van der Waals surface area contributed by atoms with Gasteiger partial charge in [-0.05, 0) is 37.6 Å². The highest BCUT2D eigenvalue weighted by atomic mass is 15.3. The van der Waals surface area contributed by atoms with Crippen molar-refractivity contribution in [1.82, 2.24) is 9.80 Å². The average molecular weight is 222 g/mol. The van der Waals surface area contributed by atoms with E-state index in [1.807, 2.05) is 0 Å². The lowest BCUT2D eigenvalue weighted by molar-refractivity contribution is 0.0712. The third kappa shape index (κ3) is 2.14. The fraction of sp³-hybridized carbons (Fsp3) is 1.00. The van der Waals surface area contributed by atoms with Crippen molar-refractivity contribution in [3.63, 3.8) is 0 Å². The molecule has 3 rings (SSSR count). The highest BCUT2D eigenvalue weighted by Gasteiger charge is 2.35. The molecule has 1 unspecified atom stereocenters. The van der Waals surface area contributed by atoms with Gasteiger partial charge in [0.2, 0.25) is 0 Å². The van der Waals surface area contributed by atoms with E-state index in [-0.39, 0.29) is 0 Å². The maximum absolute atomic E-state index is 2.76. The molecule has 3 fully saturated rings. The Morgan fingerprint density at radius 1 is 1.06 bits per heavy atom. The second-order valence-corrected chi connectivity index (χ2v) is 6.58. The lowest BCUT2D eigenvalue weighted by Crippen LogP contribution is -2.52. The maximum Gasteiger partial charge on any atom is 0.0224 e. The van der Waals surface area contributed by atoms with Crippen LogP contribution in [0.3, 0.4) is 0 Å². The summed E-state index contributed by atoms with van der Waals surface area (Å²) in [5, 5.41) is 0. The highest BCUT2D eigenvalue weighted by Crippen LogP contribution is 2.38. The molecule has 2 heterocycles. The quantitative estimate of drug-likeness (QED) is 0.707. The molecule has 2 aliphatic heterocycles. The van der Waals surface area contributed by atoms with Gasteiger partial charge in [-0.3, -0.25) is 9.80 Å². The normalized spacial score (nSPS) is 35.4. The Balaban J connectivity index is 1.56. The van der Waals surface area contributed by atoms with Crippen molar-refractivity contribution in [1.29, 1.82) is 0 Å². The predicted octanol–water partition coefficient (Wildman–Crippen LogP) is 2.35. The third-order valence-electron chi connectivity index (χ3n) is 5.09. The Hall–Kier alpha value is -0.0800. The molecule has 92 valence electrons. The largest absolute Gasteiger partial charge is 0.300 e. The van der Waals surface area contributed by atoms with Gasteiger partial charge >= 0.3 is 0 Å². The molecule has 2 saturated heterocycles. The van der Waals surface area contributed by atoms with Crippen LogP contribution < -0.4 is 0 Å². The van der Waals surface area contributed by atoms with E-state index in [0.717, 1.165) is 6.04 Å². The highest BCUT2D eigenvalue weighted by molar-refractivity contribution is 4.90. The number of fused-ring (bicyclic) bond motifs is 1. The fourth-order valence-corrected chi connectivity index (χ4v) is 4.13. The van der Waals surface area contributed by atoms with Gasteiger partial charge in [0.1, 0.15) is 0 Å². The summed E-state index contributed by atoms with van der Waals surface area (Å²) in [7, 11) is 0. The molecule has 0 radical (unpaired) electrons. The molecule has 1 atom stereocenters. The van der Waals surface area contributed by atoms with E-state index in [1.54, 1.807) is 0 Å². The van der Waals surface area contributed by atoms with Gasteiger partial charge in [0.25, 0.3) is 0 Å². The first kappa shape index (κ1) is 11.0. The smallest absolute Gasteiger partial charge is 0.0224 e. The standard InChI is InChI=1S/C14H26N2/c1-14(6-2-3-7-14)12-15-9-10-16-8-4-5-13(16)11-15/h13H,2-12H2,1H3. The summed E-state index contributed by atoms with van der Waals surface area (Å²) in [4.78, 5) is 5.48. The summed E-state index contributed by atoms with van der Waals surface area (Å²) >= 11 is 0. The first-order valence-corrected chi connectivity index (χ1v) is 7.22. The van der Waals surface area contributed by atoms with Gasteiger partial charge in [-0.2, -0.15) is 0 Å². The molecular weight excluding hydrogens is 196 g/mol. The number of hydrogen-bond acceptors (Lipinski definition) is 2. The van der Waals surface area contributed by atoms with Crippen LogP contribution in [0.5, 0.6) is 0 Å². The first-order chi connectivity index (χ1) is 7.75. The summed E-state index contributed by atoms with van der Waals surface area (Å²) in [5.41, 5.74) is 0.654. The third-order valence-corrected chi connectivity index (χ3v) is 5.09. The van der Waals surface area contributed by atoms with Crippen LogP contribution in [0.25, 0.3) is 0 Å². The van der Waals surface area contributed by atoms with Crippen LogP contribution in [0, 0.1) is 5.41 Å². The van der Waals surface area contributed by atoms with Crippen molar-refractivity contribution < 1.29 is 0 Å². The zero-order valence-electron chi connectivity index (χ0n) is 10.7. The Bertz CT molecular complexity index is 245. The van der Waals surface area contributed by atoms with Gasteiger partial charge in [-0.25, -0.2) is 0 Å². The molecule has 0 aromatic carbocycles. The minimum absolute atomic E-state index is 0.654. The van der Waals surface area contributed by atoms with Gasteiger partial charge in [0.05, 0.1) is 0 Å². The minimum atomic E-state index is 0.654. The topological polar surface area (TPSA) is 6.48 Å². The van der Waals surface area contributed by atoms with Crippen LogP contribution in [0.2, 0.25) is 0 Å². The summed E-state index contributed by atoms with van der Waals surface area (Å²) in [5.74, 6) is 0. The maximum atomic E-state index is 2.76. The van der Waals surface area contributed by atoms with E-state index < -0.39 is 0 Å². The summed E-state index contributed by atoms with van der Waals surface area (Å²) in [6, 6.07) is 0.902. The lowest BCUT2D eigenvalue weighted by Gasteiger charge is -2.41. The van der Waals surface area contributed by atoms with Crippen LogP contribution in [0.1, 0.15) is 45.4 Å². The fourth-order valence-electron chi connectivity index (χ4n) is 4.13. The predicted molar refractivity (Wildman–Crippen MR) is 67.6 cm³/mol. The summed E-state index contributed by atoms with van der Waals surface area (Å²) < 4.78 is 0. The molecule has 2 heteroatoms. The SMILES string of the molecule is CC1(CN2CCN3CCCC3C2)CCCC1. The molecule has 0 spiro atoms. The Morgan fingerprint density at radius 3 is 2.69 bits per heavy atom. The van der Waals surface area contributed by atoms with Gasteiger partial charge in [0, 0.05) is 32.2 Å². The van der Waals surface area contributed by atoms with E-state index in [9.17, 15) is 0 Å². The van der Waals surface area contributed by atoms with Crippen molar-refractivity contribution in [3.05, 3.63) is 0 Å². The monoisotopic (exact) mass is 222 g/mol. The molecule has 0 N–H and O–H groups in total. The average Bonchev–Trinajstić information content (AvgIpc) is 2.86. The van der Waals surface area contributed by atoms with Crippen molar-refractivity contribution in [2.24, 2.45) is 5.41 Å². The Kier molecular flexibility index (Phi) is 2.97. The van der Waals surface area contributed by atoms with Crippen LogP contribution >= 0.6 is 0 Å². The van der Waals surface area contributed by atoms with Gasteiger partial charge in [-0.1, -0.05) is 19.8 Å². The molecular formula is C14H26N2. The molecule has 1 saturated carbocycles. The van der Waals surface area contributed by atoms with Gasteiger partial charge in [-0.15, -0.1) is 0 Å². The molecule has 0 bridgehead atoms. The number of hydrogen-bond donors (Lipinski definition) is 0. The second kappa shape index (κ2) is 4.30. The molecule has 1 aliphatic carbocycles. The Morgan fingerprint density at radius 2 is 1.88 bits per heavy atom. The van der Waals surface area contributed by atoms with E-state index in [4.69, 9.17) is 0 Å². The van der Waals surface area contributed by atoms with E-state index in [2.05, 4.69) is 16.7 Å². The molecule has 0 aromatic rings. The lowest BCUT2D eigenvalue weighted by atomic mass is 9.88. The van der Waals surface area contributed by atoms with Crippen LogP contribution in [-0.2, 0) is 0 Å². The number of piperazine rings is 1. The minimum Gasteiger partial charge on any atom is -0.300 e. The van der Waals surface area contributed by atoms with Crippen LogP contribution in [0.15, 0.2) is 0 Å². The number of nitrogens with zero attached hydrogens (tertiary/aromatic N) is 2. The Labute approximate surface area is 100.0 Å². The zero-order valence-corrected chi connectivity index (χ0v) is 10.7. The molecule has 2 nitrogen and oxygen atoms in total. The molecule has 0 amide bonds. The summed E-state index contributed by atoms with van der Waals surface area (Å²) in [6.45, 7) is 9.27. The van der Waals surface area contributed by atoms with E-state index >= 15 is 0 Å². The van der Waals surface area contributed by atoms with Crippen LogP contribution in [-0.4, -0.2) is 48.6 Å². The molecule has 0 aromatic heterocycles. The van der Waals surface area contributed by atoms with Crippen molar-refractivity contribution in [3.8, 4) is 0 Å². The van der Waals surface area contributed by atoms with Crippen molar-refractivity contribution in [2.75, 3.05) is 32.7 Å².